The number of nitrogens with zero attached hydrogens (tertiary/aromatic N) is 3. The molecule has 0 bridgehead atoms. The Morgan fingerprint density at radius 1 is 1.13 bits per heavy atom. The minimum absolute atomic E-state index is 0.0331. The van der Waals surface area contributed by atoms with Gasteiger partial charge < -0.3 is 13.9 Å². The lowest BCUT2D eigenvalue weighted by atomic mass is 9.82. The van der Waals surface area contributed by atoms with Gasteiger partial charge in [-0.2, -0.15) is 0 Å². The van der Waals surface area contributed by atoms with Crippen LogP contribution >= 0.6 is 11.6 Å². The number of aromatic nitrogens is 2. The van der Waals surface area contributed by atoms with E-state index in [0.717, 1.165) is 31.2 Å². The van der Waals surface area contributed by atoms with E-state index in [0.29, 0.717) is 54.3 Å². The summed E-state index contributed by atoms with van der Waals surface area (Å²) in [6, 6.07) is 9.03. The van der Waals surface area contributed by atoms with Crippen LogP contribution in [0, 0.1) is 11.8 Å². The maximum Gasteiger partial charge on any atom is 0.343 e. The molecular formula is C29H34ClN3O5. The fraction of sp³-hybridized carbons (Fsp3) is 0.483. The molecule has 1 aliphatic carbocycles. The van der Waals surface area contributed by atoms with Gasteiger partial charge in [-0.15, -0.1) is 5.10 Å². The van der Waals surface area contributed by atoms with Crippen LogP contribution in [-0.4, -0.2) is 47.5 Å². The van der Waals surface area contributed by atoms with Crippen molar-refractivity contribution in [3.8, 4) is 17.0 Å². The zero-order chi connectivity index (χ0) is 26.6. The second-order valence-electron chi connectivity index (χ2n) is 10.2. The first-order chi connectivity index (χ1) is 18.5. The van der Waals surface area contributed by atoms with E-state index < -0.39 is 5.97 Å². The third-order valence-corrected chi connectivity index (χ3v) is 7.89. The monoisotopic (exact) mass is 539 g/mol. The summed E-state index contributed by atoms with van der Waals surface area (Å²) in [6.45, 7) is 5.35. The number of esters is 1. The predicted octanol–water partition coefficient (Wildman–Crippen LogP) is 6.30. The number of halogens is 1. The first-order valence-electron chi connectivity index (χ1n) is 13.5. The fourth-order valence-electron chi connectivity index (χ4n) is 5.41. The molecule has 1 saturated heterocycles. The Balaban J connectivity index is 1.55. The molecule has 2 aromatic heterocycles. The SMILES string of the molecule is CCOC(=O)c1cn(-c2ccc(-c3ccco3)c(Cl)c2)nc1N(C(=O)C1CCC(C)CC1)C1CCOCC1. The van der Waals surface area contributed by atoms with Crippen LogP contribution in [0.4, 0.5) is 5.82 Å². The van der Waals surface area contributed by atoms with E-state index in [1.165, 1.54) is 0 Å². The third-order valence-electron chi connectivity index (χ3n) is 7.58. The van der Waals surface area contributed by atoms with E-state index in [1.807, 2.05) is 18.2 Å². The summed E-state index contributed by atoms with van der Waals surface area (Å²) in [6.07, 6.45) is 8.35. The topological polar surface area (TPSA) is 86.8 Å². The Labute approximate surface area is 227 Å². The number of hydrogen-bond donors (Lipinski definition) is 0. The summed E-state index contributed by atoms with van der Waals surface area (Å²) < 4.78 is 18.1. The standard InChI is InChI=1S/C29H34ClN3O5/c1-3-37-29(35)24-18-32(22-10-11-23(25(30)17-22)26-5-4-14-38-26)31-27(24)33(21-12-15-36-16-13-21)28(34)20-8-6-19(2)7-9-20/h4-5,10-11,14,17-21H,3,6-9,12-13,15-16H2,1-2H3. The minimum Gasteiger partial charge on any atom is -0.464 e. The molecule has 1 aliphatic heterocycles. The van der Waals surface area contributed by atoms with Crippen LogP contribution in [0.25, 0.3) is 17.0 Å². The van der Waals surface area contributed by atoms with Crippen molar-refractivity contribution < 1.29 is 23.5 Å². The third kappa shape index (κ3) is 5.52. The summed E-state index contributed by atoms with van der Waals surface area (Å²) in [7, 11) is 0. The molecule has 0 radical (unpaired) electrons. The molecule has 38 heavy (non-hydrogen) atoms. The van der Waals surface area contributed by atoms with E-state index in [2.05, 4.69) is 6.92 Å². The van der Waals surface area contributed by atoms with Crippen molar-refractivity contribution in [2.24, 2.45) is 11.8 Å². The highest BCUT2D eigenvalue weighted by molar-refractivity contribution is 6.33. The predicted molar refractivity (Wildman–Crippen MR) is 145 cm³/mol. The number of furan rings is 1. The number of carbonyl (C=O) groups is 2. The normalized spacial score (nSPS) is 20.3. The molecule has 0 atom stereocenters. The zero-order valence-electron chi connectivity index (χ0n) is 21.9. The highest BCUT2D eigenvalue weighted by Crippen LogP contribution is 2.35. The highest BCUT2D eigenvalue weighted by Gasteiger charge is 2.37. The summed E-state index contributed by atoms with van der Waals surface area (Å²) in [5.74, 6) is 1.06. The second kappa shape index (κ2) is 11.7. The molecule has 1 amide bonds. The maximum absolute atomic E-state index is 14.1. The van der Waals surface area contributed by atoms with Crippen LogP contribution in [0.5, 0.6) is 0 Å². The van der Waals surface area contributed by atoms with Crippen molar-refractivity contribution in [1.82, 2.24) is 9.78 Å². The van der Waals surface area contributed by atoms with Gasteiger partial charge in [-0.05, 0) is 81.7 Å². The van der Waals surface area contributed by atoms with Gasteiger partial charge in [-0.25, -0.2) is 9.48 Å². The summed E-state index contributed by atoms with van der Waals surface area (Å²) in [5.41, 5.74) is 1.68. The van der Waals surface area contributed by atoms with E-state index in [9.17, 15) is 9.59 Å². The van der Waals surface area contributed by atoms with Crippen LogP contribution in [0.1, 0.15) is 62.7 Å². The van der Waals surface area contributed by atoms with Gasteiger partial charge in [0.25, 0.3) is 0 Å². The number of ether oxygens (including phenoxy) is 2. The van der Waals surface area contributed by atoms with Crippen molar-refractivity contribution in [2.75, 3.05) is 24.7 Å². The molecule has 2 fully saturated rings. The first-order valence-corrected chi connectivity index (χ1v) is 13.9. The molecule has 8 nitrogen and oxygen atoms in total. The van der Waals surface area contributed by atoms with Crippen LogP contribution in [-0.2, 0) is 14.3 Å². The highest BCUT2D eigenvalue weighted by atomic mass is 35.5. The molecular weight excluding hydrogens is 506 g/mol. The lowest BCUT2D eigenvalue weighted by molar-refractivity contribution is -0.124. The Morgan fingerprint density at radius 2 is 1.89 bits per heavy atom. The number of benzene rings is 1. The van der Waals surface area contributed by atoms with Crippen molar-refractivity contribution in [3.63, 3.8) is 0 Å². The smallest absolute Gasteiger partial charge is 0.343 e. The van der Waals surface area contributed by atoms with E-state index in [1.54, 1.807) is 41.1 Å². The van der Waals surface area contributed by atoms with Crippen LogP contribution in [0.15, 0.2) is 47.2 Å². The van der Waals surface area contributed by atoms with Gasteiger partial charge in [0, 0.05) is 36.9 Å². The molecule has 5 rings (SSSR count). The van der Waals surface area contributed by atoms with E-state index in [-0.39, 0.29) is 30.0 Å². The molecule has 2 aliphatic rings. The molecule has 0 unspecified atom stereocenters. The average Bonchev–Trinajstić information content (AvgIpc) is 3.61. The number of anilines is 1. The quantitative estimate of drug-likeness (QED) is 0.327. The molecule has 9 heteroatoms. The van der Waals surface area contributed by atoms with Gasteiger partial charge in [0.15, 0.2) is 5.82 Å². The summed E-state index contributed by atoms with van der Waals surface area (Å²) in [5, 5.41) is 5.31. The van der Waals surface area contributed by atoms with Gasteiger partial charge in [-0.1, -0.05) is 18.5 Å². The van der Waals surface area contributed by atoms with E-state index >= 15 is 0 Å². The first kappa shape index (κ1) is 26.5. The Hall–Kier alpha value is -3.10. The molecule has 1 saturated carbocycles. The lowest BCUT2D eigenvalue weighted by Gasteiger charge is -2.37. The molecule has 3 aromatic rings. The van der Waals surface area contributed by atoms with Crippen molar-refractivity contribution >= 4 is 29.3 Å². The molecule has 0 spiro atoms. The fourth-order valence-corrected chi connectivity index (χ4v) is 5.68. The number of rotatable bonds is 7. The minimum atomic E-state index is -0.505. The van der Waals surface area contributed by atoms with Gasteiger partial charge in [0.05, 0.1) is 23.6 Å². The molecule has 1 aromatic carbocycles. The van der Waals surface area contributed by atoms with Gasteiger partial charge in [0.1, 0.15) is 11.3 Å². The van der Waals surface area contributed by atoms with Gasteiger partial charge in [-0.3, -0.25) is 9.69 Å². The van der Waals surface area contributed by atoms with Gasteiger partial charge >= 0.3 is 5.97 Å². The van der Waals surface area contributed by atoms with Crippen molar-refractivity contribution in [2.45, 2.75) is 58.4 Å². The van der Waals surface area contributed by atoms with E-state index in [4.69, 9.17) is 30.6 Å². The zero-order valence-corrected chi connectivity index (χ0v) is 22.7. The van der Waals surface area contributed by atoms with Crippen molar-refractivity contribution in [3.05, 3.63) is 53.4 Å². The second-order valence-corrected chi connectivity index (χ2v) is 10.6. The van der Waals surface area contributed by atoms with Crippen LogP contribution in [0.3, 0.4) is 0 Å². The Bertz CT molecular complexity index is 1260. The number of amides is 1. The van der Waals surface area contributed by atoms with Crippen LogP contribution < -0.4 is 4.90 Å². The average molecular weight is 540 g/mol. The van der Waals surface area contributed by atoms with Gasteiger partial charge in [0.2, 0.25) is 5.91 Å². The number of hydrogen-bond acceptors (Lipinski definition) is 6. The molecule has 0 N–H and O–H groups in total. The Kier molecular flexibility index (Phi) is 8.19. The Morgan fingerprint density at radius 3 is 2.55 bits per heavy atom. The van der Waals surface area contributed by atoms with Crippen molar-refractivity contribution in [1.29, 1.82) is 0 Å². The lowest BCUT2D eigenvalue weighted by Crippen LogP contribution is -2.47. The maximum atomic E-state index is 14.1. The molecule has 202 valence electrons. The summed E-state index contributed by atoms with van der Waals surface area (Å²) >= 11 is 6.61. The van der Waals surface area contributed by atoms with Crippen LogP contribution in [0.2, 0.25) is 5.02 Å². The molecule has 3 heterocycles. The largest absolute Gasteiger partial charge is 0.464 e. The number of carbonyl (C=O) groups excluding carboxylic acids is 2. The summed E-state index contributed by atoms with van der Waals surface area (Å²) in [4.78, 5) is 29.0.